The fourth-order valence-electron chi connectivity index (χ4n) is 4.61. The number of aromatic amines is 1. The molecular weight excluding hydrogens is 498 g/mol. The highest BCUT2D eigenvalue weighted by molar-refractivity contribution is 7.89. The van der Waals surface area contributed by atoms with Gasteiger partial charge in [0.2, 0.25) is 10.0 Å². The summed E-state index contributed by atoms with van der Waals surface area (Å²) in [4.78, 5) is 26.8. The Hall–Kier alpha value is -2.67. The number of oxazole rings is 1. The molecule has 2 N–H and O–H groups in total. The fourth-order valence-corrected chi connectivity index (χ4v) is 6.30. The van der Waals surface area contributed by atoms with Crippen molar-refractivity contribution in [3.8, 4) is 0 Å². The summed E-state index contributed by atoms with van der Waals surface area (Å²) in [6.07, 6.45) is 4.46. The second kappa shape index (κ2) is 9.76. The predicted molar refractivity (Wildman–Crippen MR) is 129 cm³/mol. The van der Waals surface area contributed by atoms with Crippen molar-refractivity contribution in [2.45, 2.75) is 36.6 Å². The van der Waals surface area contributed by atoms with Crippen LogP contribution in [-0.2, 0) is 14.8 Å². The lowest BCUT2D eigenvalue weighted by molar-refractivity contribution is 0.0595. The third-order valence-electron chi connectivity index (χ3n) is 6.58. The summed E-state index contributed by atoms with van der Waals surface area (Å²) in [5.74, 6) is -0.279. The molecule has 2 aromatic heterocycles. The van der Waals surface area contributed by atoms with Crippen LogP contribution in [0.4, 0.5) is 5.69 Å². The van der Waals surface area contributed by atoms with Gasteiger partial charge in [-0.05, 0) is 43.7 Å². The number of aromatic nitrogens is 3. The molecule has 2 saturated heterocycles. The Morgan fingerprint density at radius 1 is 1.20 bits per heavy atom. The Labute approximate surface area is 206 Å². The van der Waals surface area contributed by atoms with Gasteiger partial charge in [-0.15, -0.1) is 0 Å². The largest absolute Gasteiger partial charge is 0.417 e. The van der Waals surface area contributed by atoms with E-state index in [0.717, 1.165) is 19.4 Å². The van der Waals surface area contributed by atoms with E-state index in [-0.39, 0.29) is 34.6 Å². The topological polar surface area (TPSA) is 140 Å². The molecule has 13 heteroatoms. The molecular formula is C22H26ClN5O6S. The summed E-state index contributed by atoms with van der Waals surface area (Å²) < 4.78 is 39.4. The molecule has 4 heterocycles. The van der Waals surface area contributed by atoms with Crippen LogP contribution >= 0.6 is 11.6 Å². The Morgan fingerprint density at radius 3 is 2.74 bits per heavy atom. The lowest BCUT2D eigenvalue weighted by Crippen LogP contribution is -2.41. The van der Waals surface area contributed by atoms with Crippen LogP contribution in [0.2, 0.25) is 5.02 Å². The standard InChI is InChI=1S/C22H26ClN5O6S/c23-20-18(24-11-14-2-1-9-33-13-14)12-25-28(21(20)29)15-5-7-27(8-6-15)35(31,32)16-3-4-17-19(10-16)34-22(30)26-17/h3-4,10,12,14-15,24H,1-2,5-9,11,13H2,(H,26,30)/t14-/m1/s1. The number of nitrogens with zero attached hydrogens (tertiary/aromatic N) is 3. The first-order valence-corrected chi connectivity index (χ1v) is 13.4. The molecule has 1 aromatic carbocycles. The molecule has 2 aliphatic heterocycles. The number of hydrogen-bond donors (Lipinski definition) is 2. The fraction of sp³-hybridized carbons (Fsp3) is 0.500. The normalized spacial score (nSPS) is 20.3. The van der Waals surface area contributed by atoms with E-state index >= 15 is 0 Å². The van der Waals surface area contributed by atoms with Gasteiger partial charge in [0.05, 0.1) is 34.9 Å². The van der Waals surface area contributed by atoms with E-state index < -0.39 is 21.3 Å². The molecule has 0 unspecified atom stereocenters. The second-order valence-corrected chi connectivity index (χ2v) is 11.2. The summed E-state index contributed by atoms with van der Waals surface area (Å²) in [6.45, 7) is 2.56. The van der Waals surface area contributed by atoms with Gasteiger partial charge >= 0.3 is 5.76 Å². The first-order valence-electron chi connectivity index (χ1n) is 11.5. The molecule has 0 bridgehead atoms. The molecule has 0 amide bonds. The summed E-state index contributed by atoms with van der Waals surface area (Å²) in [6, 6.07) is 4.01. The van der Waals surface area contributed by atoms with Crippen molar-refractivity contribution in [3.63, 3.8) is 0 Å². The zero-order valence-corrected chi connectivity index (χ0v) is 20.5. The average Bonchev–Trinajstić information content (AvgIpc) is 3.25. The van der Waals surface area contributed by atoms with Crippen molar-refractivity contribution in [2.75, 3.05) is 38.2 Å². The van der Waals surface area contributed by atoms with Crippen LogP contribution < -0.4 is 16.6 Å². The van der Waals surface area contributed by atoms with Crippen molar-refractivity contribution in [3.05, 3.63) is 50.3 Å². The highest BCUT2D eigenvalue weighted by atomic mass is 35.5. The molecule has 5 rings (SSSR count). The van der Waals surface area contributed by atoms with Crippen molar-refractivity contribution in [1.29, 1.82) is 0 Å². The molecule has 1 atom stereocenters. The number of rotatable bonds is 6. The number of nitrogens with one attached hydrogen (secondary N) is 2. The number of ether oxygens (including phenoxy) is 1. The van der Waals surface area contributed by atoms with Crippen LogP contribution in [-0.4, -0.2) is 60.3 Å². The number of piperidine rings is 1. The predicted octanol–water partition coefficient (Wildman–Crippen LogP) is 2.20. The van der Waals surface area contributed by atoms with Crippen LogP contribution in [0.5, 0.6) is 0 Å². The molecule has 2 fully saturated rings. The minimum Gasteiger partial charge on any atom is -0.408 e. The molecule has 0 spiro atoms. The lowest BCUT2D eigenvalue weighted by Gasteiger charge is -2.31. The van der Waals surface area contributed by atoms with Gasteiger partial charge in [-0.3, -0.25) is 9.78 Å². The summed E-state index contributed by atoms with van der Waals surface area (Å²) in [5, 5.41) is 7.61. The molecule has 35 heavy (non-hydrogen) atoms. The zero-order chi connectivity index (χ0) is 24.6. The van der Waals surface area contributed by atoms with E-state index in [1.807, 2.05) is 0 Å². The Morgan fingerprint density at radius 2 is 2.00 bits per heavy atom. The smallest absolute Gasteiger partial charge is 0.408 e. The van der Waals surface area contributed by atoms with Crippen LogP contribution in [0.25, 0.3) is 11.1 Å². The number of sulfonamides is 1. The second-order valence-electron chi connectivity index (χ2n) is 8.89. The van der Waals surface area contributed by atoms with Crippen LogP contribution in [0.1, 0.15) is 31.7 Å². The number of anilines is 1. The quantitative estimate of drug-likeness (QED) is 0.501. The first-order chi connectivity index (χ1) is 16.8. The van der Waals surface area contributed by atoms with Gasteiger partial charge in [0, 0.05) is 32.3 Å². The zero-order valence-electron chi connectivity index (χ0n) is 18.9. The Kier molecular flexibility index (Phi) is 6.71. The lowest BCUT2D eigenvalue weighted by atomic mass is 10.0. The summed E-state index contributed by atoms with van der Waals surface area (Å²) >= 11 is 6.36. The van der Waals surface area contributed by atoms with Crippen LogP contribution in [0, 0.1) is 5.92 Å². The van der Waals surface area contributed by atoms with Crippen LogP contribution in [0.3, 0.4) is 0 Å². The minimum absolute atomic E-state index is 0.0447. The van der Waals surface area contributed by atoms with Gasteiger partial charge in [-0.1, -0.05) is 11.6 Å². The SMILES string of the molecule is O=c1[nH]c2ccc(S(=O)(=O)N3CCC(n4ncc(NC[C@H]5CCCOC5)c(Cl)c4=O)CC3)cc2o1. The van der Waals surface area contributed by atoms with E-state index in [4.69, 9.17) is 20.8 Å². The maximum Gasteiger partial charge on any atom is 0.417 e. The van der Waals surface area contributed by atoms with Crippen molar-refractivity contribution >= 4 is 38.4 Å². The van der Waals surface area contributed by atoms with Gasteiger partial charge in [-0.2, -0.15) is 9.40 Å². The number of halogens is 1. The minimum atomic E-state index is -3.79. The number of hydrogen-bond acceptors (Lipinski definition) is 8. The van der Waals surface area contributed by atoms with Crippen molar-refractivity contribution in [2.24, 2.45) is 5.92 Å². The third-order valence-corrected chi connectivity index (χ3v) is 8.84. The molecule has 11 nitrogen and oxygen atoms in total. The Bertz CT molecular complexity index is 1430. The van der Waals surface area contributed by atoms with E-state index in [2.05, 4.69) is 15.4 Å². The van der Waals surface area contributed by atoms with E-state index in [9.17, 15) is 18.0 Å². The number of H-pyrrole nitrogens is 1. The number of fused-ring (bicyclic) bond motifs is 1. The highest BCUT2D eigenvalue weighted by Crippen LogP contribution is 2.28. The molecule has 188 valence electrons. The number of benzene rings is 1. The maximum atomic E-state index is 13.1. The van der Waals surface area contributed by atoms with Crippen molar-refractivity contribution in [1.82, 2.24) is 19.1 Å². The molecule has 0 saturated carbocycles. The Balaban J connectivity index is 1.25. The highest BCUT2D eigenvalue weighted by Gasteiger charge is 2.31. The molecule has 2 aliphatic rings. The van der Waals surface area contributed by atoms with E-state index in [0.29, 0.717) is 43.1 Å². The first kappa shape index (κ1) is 24.0. The third kappa shape index (κ3) is 4.88. The van der Waals surface area contributed by atoms with Gasteiger partial charge in [0.25, 0.3) is 5.56 Å². The van der Waals surface area contributed by atoms with Gasteiger partial charge < -0.3 is 14.5 Å². The van der Waals surface area contributed by atoms with Crippen LogP contribution in [0.15, 0.2) is 43.3 Å². The van der Waals surface area contributed by atoms with E-state index in [1.165, 1.54) is 27.2 Å². The maximum absolute atomic E-state index is 13.1. The molecule has 0 radical (unpaired) electrons. The van der Waals surface area contributed by atoms with Gasteiger partial charge in [-0.25, -0.2) is 17.9 Å². The monoisotopic (exact) mass is 523 g/mol. The van der Waals surface area contributed by atoms with E-state index in [1.54, 1.807) is 6.20 Å². The molecule has 3 aromatic rings. The summed E-state index contributed by atoms with van der Waals surface area (Å²) in [5.41, 5.74) is 0.706. The average molecular weight is 524 g/mol. The summed E-state index contributed by atoms with van der Waals surface area (Å²) in [7, 11) is -3.79. The van der Waals surface area contributed by atoms with Crippen molar-refractivity contribution < 1.29 is 17.6 Å². The van der Waals surface area contributed by atoms with Gasteiger partial charge in [0.1, 0.15) is 5.02 Å². The van der Waals surface area contributed by atoms with Gasteiger partial charge in [0.15, 0.2) is 5.58 Å². The molecule has 0 aliphatic carbocycles.